The molecule has 1 amide bonds. The highest BCUT2D eigenvalue weighted by Gasteiger charge is 2.08. The Morgan fingerprint density at radius 2 is 1.96 bits per heavy atom. The first-order chi connectivity index (χ1) is 12.4. The molecule has 0 aromatic heterocycles. The lowest BCUT2D eigenvalue weighted by Crippen LogP contribution is -2.24. The van der Waals surface area contributed by atoms with E-state index in [0.717, 1.165) is 5.56 Å². The second kappa shape index (κ2) is 8.80. The maximum atomic E-state index is 11.8. The summed E-state index contributed by atoms with van der Waals surface area (Å²) in [7, 11) is 0. The van der Waals surface area contributed by atoms with Gasteiger partial charge in [-0.2, -0.15) is 5.10 Å². The topological polar surface area (TPSA) is 88.0 Å². The number of nitrogens with zero attached hydrogens (tertiary/aromatic N) is 1. The summed E-state index contributed by atoms with van der Waals surface area (Å²) in [6.07, 6.45) is 1.29. The zero-order valence-corrected chi connectivity index (χ0v) is 15.0. The minimum absolute atomic E-state index is 0.113. The molecule has 0 saturated heterocycles. The Morgan fingerprint density at radius 1 is 1.23 bits per heavy atom. The highest BCUT2D eigenvalue weighted by Crippen LogP contribution is 2.23. The van der Waals surface area contributed by atoms with Gasteiger partial charge in [0.2, 0.25) is 0 Å². The minimum atomic E-state index is -1.05. The summed E-state index contributed by atoms with van der Waals surface area (Å²) in [4.78, 5) is 22.9. The van der Waals surface area contributed by atoms with Crippen LogP contribution in [0.2, 0.25) is 0 Å². The molecule has 6 nitrogen and oxygen atoms in total. The van der Waals surface area contributed by atoms with Crippen LogP contribution in [0.15, 0.2) is 47.6 Å². The van der Waals surface area contributed by atoms with E-state index in [9.17, 15) is 9.59 Å². The number of hydrogen-bond acceptors (Lipinski definition) is 4. The summed E-state index contributed by atoms with van der Waals surface area (Å²) in [5.41, 5.74) is 5.19. The number of rotatable bonds is 7. The molecule has 0 bridgehead atoms. The SMILES string of the molecule is Cc1cc(OCC(=O)N/N=C/c2ccccc2C(=O)O)ccc1C(C)C. The van der Waals surface area contributed by atoms with Gasteiger partial charge in [0.15, 0.2) is 6.61 Å². The molecule has 136 valence electrons. The zero-order valence-electron chi connectivity index (χ0n) is 15.0. The van der Waals surface area contributed by atoms with E-state index < -0.39 is 11.9 Å². The van der Waals surface area contributed by atoms with E-state index in [0.29, 0.717) is 17.2 Å². The second-order valence-electron chi connectivity index (χ2n) is 6.15. The van der Waals surface area contributed by atoms with Crippen molar-refractivity contribution in [2.75, 3.05) is 6.61 Å². The van der Waals surface area contributed by atoms with Crippen LogP contribution < -0.4 is 10.2 Å². The van der Waals surface area contributed by atoms with E-state index in [2.05, 4.69) is 24.4 Å². The third-order valence-corrected chi connectivity index (χ3v) is 3.82. The number of hydrazone groups is 1. The van der Waals surface area contributed by atoms with Gasteiger partial charge in [-0.25, -0.2) is 10.2 Å². The number of carboxylic acid groups (broad SMARTS) is 1. The van der Waals surface area contributed by atoms with Gasteiger partial charge in [0.25, 0.3) is 5.91 Å². The molecule has 2 aromatic carbocycles. The average Bonchev–Trinajstić information content (AvgIpc) is 2.60. The summed E-state index contributed by atoms with van der Waals surface area (Å²) in [5, 5.41) is 12.9. The standard InChI is InChI=1S/C20H22N2O4/c1-13(2)17-9-8-16(10-14(17)3)26-12-19(23)22-21-11-15-6-4-5-7-18(15)20(24)25/h4-11,13H,12H2,1-3H3,(H,22,23)(H,24,25)/b21-11+. The van der Waals surface area contributed by atoms with Crippen molar-refractivity contribution < 1.29 is 19.4 Å². The number of carbonyl (C=O) groups is 2. The number of carboxylic acids is 1. The van der Waals surface area contributed by atoms with Gasteiger partial charge in [-0.3, -0.25) is 4.79 Å². The van der Waals surface area contributed by atoms with Crippen molar-refractivity contribution in [3.8, 4) is 5.75 Å². The predicted octanol–water partition coefficient (Wildman–Crippen LogP) is 3.35. The van der Waals surface area contributed by atoms with Crippen LogP contribution in [0, 0.1) is 6.92 Å². The predicted molar refractivity (Wildman–Crippen MR) is 99.9 cm³/mol. The molecule has 0 spiro atoms. The van der Waals surface area contributed by atoms with Crippen molar-refractivity contribution in [2.45, 2.75) is 26.7 Å². The fourth-order valence-corrected chi connectivity index (χ4v) is 2.55. The van der Waals surface area contributed by atoms with E-state index >= 15 is 0 Å². The molecule has 2 N–H and O–H groups in total. The zero-order chi connectivity index (χ0) is 19.1. The van der Waals surface area contributed by atoms with E-state index in [1.54, 1.807) is 18.2 Å². The normalized spacial score (nSPS) is 10.9. The monoisotopic (exact) mass is 354 g/mol. The summed E-state index contributed by atoms with van der Waals surface area (Å²) in [5.74, 6) is -0.445. The van der Waals surface area contributed by atoms with Gasteiger partial charge in [0, 0.05) is 5.56 Å². The number of aromatic carboxylic acids is 1. The van der Waals surface area contributed by atoms with Gasteiger partial charge in [0.1, 0.15) is 5.75 Å². The first-order valence-corrected chi connectivity index (χ1v) is 8.26. The van der Waals surface area contributed by atoms with E-state index in [1.165, 1.54) is 17.8 Å². The smallest absolute Gasteiger partial charge is 0.336 e. The van der Waals surface area contributed by atoms with Gasteiger partial charge < -0.3 is 9.84 Å². The molecule has 2 aromatic rings. The van der Waals surface area contributed by atoms with Crippen molar-refractivity contribution >= 4 is 18.1 Å². The quantitative estimate of drug-likeness (QED) is 0.589. The molecule has 26 heavy (non-hydrogen) atoms. The summed E-state index contributed by atoms with van der Waals surface area (Å²) < 4.78 is 5.47. The Balaban J connectivity index is 1.90. The van der Waals surface area contributed by atoms with E-state index in [1.807, 2.05) is 25.1 Å². The van der Waals surface area contributed by atoms with Crippen molar-refractivity contribution in [3.05, 3.63) is 64.7 Å². The molecule has 0 aliphatic carbocycles. The summed E-state index contributed by atoms with van der Waals surface area (Å²) in [6.45, 7) is 6.07. The maximum absolute atomic E-state index is 11.8. The summed E-state index contributed by atoms with van der Waals surface area (Å²) in [6, 6.07) is 12.1. The number of ether oxygens (including phenoxy) is 1. The molecule has 0 aliphatic heterocycles. The molecule has 0 heterocycles. The number of carbonyl (C=O) groups excluding carboxylic acids is 1. The van der Waals surface area contributed by atoms with Gasteiger partial charge in [-0.1, -0.05) is 38.1 Å². The third kappa shape index (κ3) is 5.17. The Morgan fingerprint density at radius 3 is 2.62 bits per heavy atom. The molecule has 0 atom stereocenters. The maximum Gasteiger partial charge on any atom is 0.336 e. The van der Waals surface area contributed by atoms with Gasteiger partial charge in [0.05, 0.1) is 11.8 Å². The van der Waals surface area contributed by atoms with Gasteiger partial charge in [-0.15, -0.1) is 0 Å². The molecular weight excluding hydrogens is 332 g/mol. The molecule has 0 radical (unpaired) electrons. The fraction of sp³-hybridized carbons (Fsp3) is 0.250. The Bertz CT molecular complexity index is 828. The number of nitrogens with one attached hydrogen (secondary N) is 1. The molecule has 0 unspecified atom stereocenters. The van der Waals surface area contributed by atoms with Gasteiger partial charge >= 0.3 is 5.97 Å². The van der Waals surface area contributed by atoms with Crippen molar-refractivity contribution in [1.82, 2.24) is 5.43 Å². The first kappa shape index (κ1) is 19.2. The molecule has 0 saturated carbocycles. The van der Waals surface area contributed by atoms with Crippen LogP contribution >= 0.6 is 0 Å². The number of hydrogen-bond donors (Lipinski definition) is 2. The number of amides is 1. The largest absolute Gasteiger partial charge is 0.484 e. The highest BCUT2D eigenvalue weighted by molar-refractivity contribution is 5.98. The molecular formula is C20H22N2O4. The Kier molecular flexibility index (Phi) is 6.49. The lowest BCUT2D eigenvalue weighted by Gasteiger charge is -2.12. The first-order valence-electron chi connectivity index (χ1n) is 8.26. The molecule has 0 aliphatic rings. The van der Waals surface area contributed by atoms with Gasteiger partial charge in [-0.05, 0) is 42.2 Å². The minimum Gasteiger partial charge on any atom is -0.484 e. The van der Waals surface area contributed by atoms with Crippen LogP contribution in [-0.4, -0.2) is 29.8 Å². The van der Waals surface area contributed by atoms with Crippen LogP contribution in [-0.2, 0) is 4.79 Å². The fourth-order valence-electron chi connectivity index (χ4n) is 2.55. The van der Waals surface area contributed by atoms with Crippen LogP contribution in [0.5, 0.6) is 5.75 Å². The van der Waals surface area contributed by atoms with E-state index in [4.69, 9.17) is 9.84 Å². The molecule has 2 rings (SSSR count). The second-order valence-corrected chi connectivity index (χ2v) is 6.15. The lowest BCUT2D eigenvalue weighted by molar-refractivity contribution is -0.123. The molecule has 0 fully saturated rings. The molecule has 6 heteroatoms. The van der Waals surface area contributed by atoms with Crippen molar-refractivity contribution in [3.63, 3.8) is 0 Å². The number of benzene rings is 2. The van der Waals surface area contributed by atoms with E-state index in [-0.39, 0.29) is 12.2 Å². The van der Waals surface area contributed by atoms with Crippen LogP contribution in [0.3, 0.4) is 0 Å². The van der Waals surface area contributed by atoms with Crippen molar-refractivity contribution in [1.29, 1.82) is 0 Å². The van der Waals surface area contributed by atoms with Crippen LogP contribution in [0.25, 0.3) is 0 Å². The number of aryl methyl sites for hydroxylation is 1. The van der Waals surface area contributed by atoms with Crippen LogP contribution in [0.4, 0.5) is 0 Å². The van der Waals surface area contributed by atoms with Crippen molar-refractivity contribution in [2.24, 2.45) is 5.10 Å². The average molecular weight is 354 g/mol. The van der Waals surface area contributed by atoms with Crippen LogP contribution in [0.1, 0.15) is 46.8 Å². The Hall–Kier alpha value is -3.15. The highest BCUT2D eigenvalue weighted by atomic mass is 16.5. The summed E-state index contributed by atoms with van der Waals surface area (Å²) >= 11 is 0. The Labute approximate surface area is 152 Å². The lowest BCUT2D eigenvalue weighted by atomic mass is 9.98. The third-order valence-electron chi connectivity index (χ3n) is 3.82.